The van der Waals surface area contributed by atoms with Gasteiger partial charge in [0.1, 0.15) is 0 Å². The number of fused-ring (bicyclic) bond motifs is 3. The molecule has 3 heterocycles. The fraction of sp³-hybridized carbons (Fsp3) is 0.277. The van der Waals surface area contributed by atoms with E-state index >= 15 is 0 Å². The van der Waals surface area contributed by atoms with Crippen molar-refractivity contribution in [2.24, 2.45) is 11.8 Å². The van der Waals surface area contributed by atoms with E-state index in [2.05, 4.69) is 90.3 Å². The first-order valence-electron chi connectivity index (χ1n) is 20.1. The molecule has 5 heteroatoms. The largest absolute Gasteiger partial charge is 0.305 e. The Labute approximate surface area is 334 Å². The Morgan fingerprint density at radius 3 is 2.33 bits per heavy atom. The van der Waals surface area contributed by atoms with Gasteiger partial charge < -0.3 is 9.97 Å². The molecule has 0 unspecified atom stereocenters. The van der Waals surface area contributed by atoms with E-state index in [4.69, 9.17) is 5.48 Å². The van der Waals surface area contributed by atoms with Gasteiger partial charge in [0.15, 0.2) is 0 Å². The molecule has 7 aromatic rings. The van der Waals surface area contributed by atoms with Crippen LogP contribution in [0.4, 0.5) is 0 Å². The van der Waals surface area contributed by atoms with Crippen LogP contribution in [0.2, 0.25) is 19.6 Å². The van der Waals surface area contributed by atoms with Crippen LogP contribution < -0.4 is 5.19 Å². The Morgan fingerprint density at radius 1 is 0.808 bits per heavy atom. The molecule has 0 atom stereocenters. The van der Waals surface area contributed by atoms with Gasteiger partial charge >= 0.3 is 0 Å². The second kappa shape index (κ2) is 16.9. The van der Waals surface area contributed by atoms with Crippen LogP contribution in [-0.4, -0.2) is 18.0 Å². The monoisotopic (exact) mass is 897 g/mol. The smallest absolute Gasteiger partial charge is 0.0798 e. The Balaban J connectivity index is 0.000000203. The van der Waals surface area contributed by atoms with Crippen LogP contribution in [0, 0.1) is 24.0 Å². The van der Waals surface area contributed by atoms with Gasteiger partial charge in [-0.15, -0.1) is 59.7 Å². The summed E-state index contributed by atoms with van der Waals surface area (Å²) in [6, 6.07) is 41.2. The summed E-state index contributed by atoms with van der Waals surface area (Å²) in [4.78, 5) is 9.23. The number of rotatable bonds is 8. The molecule has 1 radical (unpaired) electrons. The average molecular weight is 897 g/mol. The van der Waals surface area contributed by atoms with Crippen molar-refractivity contribution in [3.63, 3.8) is 0 Å². The number of benzene rings is 4. The molecule has 3 aromatic heterocycles. The second-order valence-corrected chi connectivity index (χ2v) is 20.9. The fourth-order valence-electron chi connectivity index (χ4n) is 6.89. The first-order valence-corrected chi connectivity index (χ1v) is 22.4. The van der Waals surface area contributed by atoms with Crippen LogP contribution >= 0.6 is 11.3 Å². The molecule has 267 valence electrons. The van der Waals surface area contributed by atoms with E-state index < -0.39 is 20.8 Å². The zero-order valence-electron chi connectivity index (χ0n) is 34.6. The van der Waals surface area contributed by atoms with Gasteiger partial charge in [0.05, 0.1) is 8.07 Å². The zero-order valence-corrected chi connectivity index (χ0v) is 34.8. The van der Waals surface area contributed by atoms with Crippen molar-refractivity contribution >= 4 is 44.8 Å². The summed E-state index contributed by atoms with van der Waals surface area (Å²) in [7, 11) is -1.67. The Morgan fingerprint density at radius 2 is 1.60 bits per heavy atom. The topological polar surface area (TPSA) is 25.8 Å². The van der Waals surface area contributed by atoms with Gasteiger partial charge in [0.25, 0.3) is 0 Å². The third-order valence-corrected chi connectivity index (χ3v) is 12.6. The first-order chi connectivity index (χ1) is 26.2. The van der Waals surface area contributed by atoms with Crippen LogP contribution in [0.15, 0.2) is 116 Å². The molecule has 1 aliphatic rings. The molecule has 1 fully saturated rings. The quantitative estimate of drug-likeness (QED) is 0.112. The standard InChI is InChI=1S/C29H24NS.C18H24NSi.Ir/c1-2-9-22(10-3-1)23-13-14-24-25-11-6-12-26(29(25)31-28(24)19-23)27-18-21(15-16-30-27)17-20-7-4-5-8-20;1-14(2)11-16-12-17(15-9-7-6-8-10-15)19-13-18(16)20(3,4)5;/h1-3,6,9-11,13-16,18-20H,4-5,7-8,17H2;6-9,12-14H,11H2,1-5H3;/q2*-1;/i17D2;11D2;. The number of nitrogens with zero attached hydrogens (tertiary/aromatic N) is 2. The predicted octanol–water partition coefficient (Wildman–Crippen LogP) is 12.6. The number of hydrogen-bond donors (Lipinski definition) is 0. The maximum Gasteiger partial charge on any atom is 0.0798 e. The molecule has 0 N–H and O–H groups in total. The number of aromatic nitrogens is 2. The summed E-state index contributed by atoms with van der Waals surface area (Å²) in [5.74, 6) is 0.00542. The van der Waals surface area contributed by atoms with Gasteiger partial charge in [-0.05, 0) is 74.5 Å². The zero-order chi connectivity index (χ0) is 39.0. The maximum atomic E-state index is 8.81. The van der Waals surface area contributed by atoms with Gasteiger partial charge in [0, 0.05) is 42.7 Å². The van der Waals surface area contributed by atoms with Crippen LogP contribution in [0.1, 0.15) is 56.1 Å². The minimum Gasteiger partial charge on any atom is -0.305 e. The van der Waals surface area contributed by atoms with E-state index in [1.807, 2.05) is 74.6 Å². The van der Waals surface area contributed by atoms with Crippen molar-refractivity contribution in [3.8, 4) is 33.6 Å². The Hall–Kier alpha value is -3.73. The number of thiophene rings is 1. The van der Waals surface area contributed by atoms with Crippen molar-refractivity contribution in [1.82, 2.24) is 9.97 Å². The molecule has 4 aromatic carbocycles. The average Bonchev–Trinajstić information content (AvgIpc) is 3.88. The van der Waals surface area contributed by atoms with E-state index in [1.165, 1.54) is 26.6 Å². The SMILES string of the molecule is [2H]C([2H])(c1cc(-c2[c-]cccc2)ncc1[Si](C)(C)C)C(C)C.[2H]C([2H])(c1ccnc(-c2[c-]ccc3c2sc2cc(-c4ccccc4)ccc23)c1)C1CCCC1.[Ir]. The molecule has 2 nitrogen and oxygen atoms in total. The fourth-order valence-corrected chi connectivity index (χ4v) is 9.54. The first kappa shape index (κ1) is 32.9. The maximum absolute atomic E-state index is 8.81. The molecular weight excluding hydrogens is 845 g/mol. The molecule has 52 heavy (non-hydrogen) atoms. The van der Waals surface area contributed by atoms with E-state index in [0.717, 1.165) is 69.2 Å². The van der Waals surface area contributed by atoms with E-state index in [9.17, 15) is 0 Å². The molecular formula is C47H48IrN2SSi-2. The van der Waals surface area contributed by atoms with Gasteiger partial charge in [-0.2, -0.15) is 11.3 Å². The van der Waals surface area contributed by atoms with Crippen LogP contribution in [0.5, 0.6) is 0 Å². The number of hydrogen-bond acceptors (Lipinski definition) is 3. The summed E-state index contributed by atoms with van der Waals surface area (Å²) in [6.45, 7) is 10.6. The van der Waals surface area contributed by atoms with Gasteiger partial charge in [-0.3, -0.25) is 0 Å². The van der Waals surface area contributed by atoms with Gasteiger partial charge in [-0.1, -0.05) is 130 Å². The van der Waals surface area contributed by atoms with Crippen LogP contribution in [0.25, 0.3) is 53.8 Å². The molecule has 1 aliphatic carbocycles. The van der Waals surface area contributed by atoms with Crippen molar-refractivity contribution < 1.29 is 25.6 Å². The molecule has 0 saturated heterocycles. The Kier molecular flexibility index (Phi) is 10.7. The normalized spacial score (nSPS) is 15.0. The van der Waals surface area contributed by atoms with Crippen molar-refractivity contribution in [2.45, 2.75) is 71.9 Å². The summed E-state index contributed by atoms with van der Waals surface area (Å²) >= 11 is 1.77. The summed E-state index contributed by atoms with van der Waals surface area (Å²) in [6.07, 6.45) is 5.14. The molecule has 0 aliphatic heterocycles. The summed E-state index contributed by atoms with van der Waals surface area (Å²) < 4.78 is 37.1. The number of pyridine rings is 2. The summed E-state index contributed by atoms with van der Waals surface area (Å²) in [5, 5.41) is 3.54. The molecule has 8 rings (SSSR count). The molecule has 1 saturated carbocycles. The van der Waals surface area contributed by atoms with Crippen LogP contribution in [0.3, 0.4) is 0 Å². The minimum absolute atomic E-state index is 0. The third-order valence-electron chi connectivity index (χ3n) is 9.42. The van der Waals surface area contributed by atoms with Crippen molar-refractivity contribution in [3.05, 3.63) is 139 Å². The summed E-state index contributed by atoms with van der Waals surface area (Å²) in [5.41, 5.74) is 7.42. The van der Waals surface area contributed by atoms with Crippen LogP contribution in [-0.2, 0) is 32.9 Å². The predicted molar refractivity (Wildman–Crippen MR) is 223 cm³/mol. The van der Waals surface area contributed by atoms with Gasteiger partial charge in [0.2, 0.25) is 0 Å². The van der Waals surface area contributed by atoms with Crippen molar-refractivity contribution in [2.75, 3.05) is 0 Å². The third kappa shape index (κ3) is 8.89. The Bertz CT molecular complexity index is 2420. The van der Waals surface area contributed by atoms with E-state index in [1.54, 1.807) is 17.5 Å². The van der Waals surface area contributed by atoms with E-state index in [-0.39, 0.29) is 31.9 Å². The molecule has 0 spiro atoms. The molecule has 0 bridgehead atoms. The van der Waals surface area contributed by atoms with Gasteiger partial charge in [-0.25, -0.2) is 0 Å². The second-order valence-electron chi connectivity index (χ2n) is 14.8. The molecule has 0 amide bonds. The van der Waals surface area contributed by atoms with Crippen molar-refractivity contribution in [1.29, 1.82) is 0 Å². The minimum atomic E-state index is -1.67. The van der Waals surface area contributed by atoms with E-state index in [0.29, 0.717) is 0 Å².